The number of aliphatic hydroxyl groups is 4. The van der Waals surface area contributed by atoms with Crippen LogP contribution >= 0.6 is 0 Å². The first-order valence-electron chi connectivity index (χ1n) is 10.0. The Morgan fingerprint density at radius 3 is 2.52 bits per heavy atom. The van der Waals surface area contributed by atoms with Gasteiger partial charge in [0, 0.05) is 24.5 Å². The molecule has 3 atom stereocenters. The van der Waals surface area contributed by atoms with E-state index < -0.39 is 52.0 Å². The molecular weight excluding hydrogens is 406 g/mol. The minimum Gasteiger partial charge on any atom is -0.511 e. The van der Waals surface area contributed by atoms with Gasteiger partial charge in [-0.25, -0.2) is 0 Å². The number of hydrogen-bond donors (Lipinski definition) is 6. The molecular formula is C22H23NO8. The zero-order valence-electron chi connectivity index (χ0n) is 16.6. The van der Waals surface area contributed by atoms with Crippen molar-refractivity contribution in [3.63, 3.8) is 0 Å². The molecule has 0 fully saturated rings. The number of phenolic OH excluding ortho intramolecular Hbond substituents is 1. The highest BCUT2D eigenvalue weighted by molar-refractivity contribution is 6.24. The van der Waals surface area contributed by atoms with Crippen molar-refractivity contribution in [2.75, 3.05) is 6.61 Å². The molecule has 164 valence electrons. The van der Waals surface area contributed by atoms with Gasteiger partial charge >= 0.3 is 0 Å². The minimum atomic E-state index is -2.56. The van der Waals surface area contributed by atoms with Crippen LogP contribution < -0.4 is 5.73 Å². The van der Waals surface area contributed by atoms with Gasteiger partial charge in [0.2, 0.25) is 5.78 Å². The van der Waals surface area contributed by atoms with Crippen LogP contribution in [0.2, 0.25) is 0 Å². The van der Waals surface area contributed by atoms with Crippen molar-refractivity contribution < 1.29 is 39.9 Å². The molecule has 4 rings (SSSR count). The van der Waals surface area contributed by atoms with Crippen LogP contribution in [0.4, 0.5) is 0 Å². The number of allylic oxidation sites excluding steroid dienone is 2. The molecule has 0 bridgehead atoms. The summed E-state index contributed by atoms with van der Waals surface area (Å²) >= 11 is 0. The highest BCUT2D eigenvalue weighted by atomic mass is 16.3. The third-order valence-electron chi connectivity index (χ3n) is 6.65. The topological polar surface area (TPSA) is 178 Å². The maximum Gasteiger partial charge on any atom is 0.255 e. The summed E-state index contributed by atoms with van der Waals surface area (Å²) in [5, 5.41) is 51.7. The van der Waals surface area contributed by atoms with Crippen molar-refractivity contribution in [1.29, 1.82) is 0 Å². The fraction of sp³-hybridized carbons (Fsp3) is 0.409. The number of benzene rings is 1. The van der Waals surface area contributed by atoms with Crippen molar-refractivity contribution >= 4 is 17.5 Å². The lowest BCUT2D eigenvalue weighted by Crippen LogP contribution is -2.57. The van der Waals surface area contributed by atoms with Crippen LogP contribution in [0.25, 0.3) is 0 Å². The first-order chi connectivity index (χ1) is 14.6. The predicted octanol–water partition coefficient (Wildman–Crippen LogP) is 0.505. The fourth-order valence-electron chi connectivity index (χ4n) is 5.19. The number of fused-ring (bicyclic) bond motifs is 3. The van der Waals surface area contributed by atoms with Crippen LogP contribution in [-0.2, 0) is 22.4 Å². The van der Waals surface area contributed by atoms with Crippen molar-refractivity contribution in [3.8, 4) is 5.75 Å². The van der Waals surface area contributed by atoms with E-state index in [0.29, 0.717) is 18.4 Å². The molecule has 3 aliphatic carbocycles. The van der Waals surface area contributed by atoms with Gasteiger partial charge in [0.25, 0.3) is 5.91 Å². The molecule has 0 saturated carbocycles. The van der Waals surface area contributed by atoms with E-state index in [1.165, 1.54) is 6.07 Å². The van der Waals surface area contributed by atoms with Crippen LogP contribution in [-0.4, -0.2) is 55.2 Å². The van der Waals surface area contributed by atoms with Crippen LogP contribution in [0.1, 0.15) is 40.7 Å². The summed E-state index contributed by atoms with van der Waals surface area (Å²) in [5.74, 6) is -6.39. The molecule has 31 heavy (non-hydrogen) atoms. The van der Waals surface area contributed by atoms with Gasteiger partial charge in [-0.2, -0.15) is 0 Å². The number of Topliss-reactive ketones (excluding diaryl/α,β-unsaturated/α-hetero) is 2. The highest BCUT2D eigenvalue weighted by Gasteiger charge is 2.59. The Kier molecular flexibility index (Phi) is 4.90. The second-order valence-corrected chi connectivity index (χ2v) is 8.34. The average molecular weight is 429 g/mol. The maximum absolute atomic E-state index is 13.3. The van der Waals surface area contributed by atoms with E-state index in [1.807, 2.05) is 0 Å². The predicted molar refractivity (Wildman–Crippen MR) is 106 cm³/mol. The quantitative estimate of drug-likeness (QED) is 0.375. The molecule has 1 aromatic carbocycles. The zero-order valence-corrected chi connectivity index (χ0v) is 16.6. The van der Waals surface area contributed by atoms with E-state index >= 15 is 0 Å². The zero-order chi connectivity index (χ0) is 22.7. The molecule has 0 unspecified atom stereocenters. The van der Waals surface area contributed by atoms with Crippen molar-refractivity contribution in [1.82, 2.24) is 0 Å². The minimum absolute atomic E-state index is 0.00735. The summed E-state index contributed by atoms with van der Waals surface area (Å²) in [7, 11) is 0. The summed E-state index contributed by atoms with van der Waals surface area (Å²) in [6, 6.07) is 3.04. The van der Waals surface area contributed by atoms with Gasteiger partial charge in [-0.15, -0.1) is 0 Å². The highest BCUT2D eigenvalue weighted by Crippen LogP contribution is 2.51. The van der Waals surface area contributed by atoms with Gasteiger partial charge in [0.15, 0.2) is 11.4 Å². The van der Waals surface area contributed by atoms with Crippen LogP contribution in [0.5, 0.6) is 5.75 Å². The standard InChI is InChI=1S/C22H23NO8/c23-21(30)17-14(26)8-11-6-10-7-12-9(2-1-5-24)3-4-13(25)16(12)18(27)15(10)19(28)22(11,31)20(17)29/h3-4,10-11,24-26,28,31H,1-2,5-8H2,(H2,23,30)/t10-,11+,22+/m1/s1. The van der Waals surface area contributed by atoms with E-state index in [9.17, 15) is 34.8 Å². The summed E-state index contributed by atoms with van der Waals surface area (Å²) in [5.41, 5.74) is 3.02. The Labute approximate surface area is 177 Å². The Hall–Kier alpha value is -3.17. The number of nitrogens with two attached hydrogens (primary N) is 1. The molecule has 1 aromatic rings. The number of phenols is 1. The van der Waals surface area contributed by atoms with Crippen molar-refractivity contribution in [3.05, 3.63) is 51.5 Å². The summed E-state index contributed by atoms with van der Waals surface area (Å²) in [4.78, 5) is 37.8. The number of carbonyl (C=O) groups is 3. The second-order valence-electron chi connectivity index (χ2n) is 8.34. The molecule has 0 heterocycles. The summed E-state index contributed by atoms with van der Waals surface area (Å²) < 4.78 is 0. The Morgan fingerprint density at radius 2 is 1.87 bits per heavy atom. The molecule has 7 N–H and O–H groups in total. The van der Waals surface area contributed by atoms with Gasteiger partial charge in [-0.05, 0) is 48.8 Å². The number of rotatable bonds is 4. The van der Waals surface area contributed by atoms with Gasteiger partial charge in [0.05, 0.1) is 5.56 Å². The molecule has 1 amide bonds. The number of aliphatic hydroxyl groups excluding tert-OH is 3. The van der Waals surface area contributed by atoms with E-state index in [2.05, 4.69) is 0 Å². The number of aromatic hydroxyl groups is 1. The van der Waals surface area contributed by atoms with Gasteiger partial charge < -0.3 is 31.3 Å². The third kappa shape index (κ3) is 2.88. The SMILES string of the molecule is NC(=O)C1=C(O)C[C@@H]2C[C@@H]3Cc4c(CCCO)ccc(O)c4C(=O)C3=C(O)[C@]2(O)C1=O. The first-order valence-corrected chi connectivity index (χ1v) is 10.0. The van der Waals surface area contributed by atoms with E-state index in [-0.39, 0.29) is 42.8 Å². The van der Waals surface area contributed by atoms with Gasteiger partial charge in [0.1, 0.15) is 22.8 Å². The summed E-state index contributed by atoms with van der Waals surface area (Å²) in [6.07, 6.45) is 1.06. The average Bonchev–Trinajstić information content (AvgIpc) is 2.70. The van der Waals surface area contributed by atoms with Gasteiger partial charge in [-0.3, -0.25) is 14.4 Å². The monoisotopic (exact) mass is 429 g/mol. The van der Waals surface area contributed by atoms with Gasteiger partial charge in [-0.1, -0.05) is 6.07 Å². The number of aryl methyl sites for hydroxylation is 1. The normalized spacial score (nSPS) is 27.7. The summed E-state index contributed by atoms with van der Waals surface area (Å²) in [6.45, 7) is -0.0377. The number of primary amides is 1. The lowest BCUT2D eigenvalue weighted by molar-refractivity contribution is -0.144. The Morgan fingerprint density at radius 1 is 1.16 bits per heavy atom. The number of amides is 1. The van der Waals surface area contributed by atoms with Crippen LogP contribution in [0, 0.1) is 11.8 Å². The molecule has 0 radical (unpaired) electrons. The molecule has 0 spiro atoms. The van der Waals surface area contributed by atoms with Crippen LogP contribution in [0.3, 0.4) is 0 Å². The molecule has 0 aromatic heterocycles. The lowest BCUT2D eigenvalue weighted by atomic mass is 9.60. The van der Waals surface area contributed by atoms with Crippen molar-refractivity contribution in [2.45, 2.75) is 37.7 Å². The molecule has 9 nitrogen and oxygen atoms in total. The molecule has 9 heteroatoms. The smallest absolute Gasteiger partial charge is 0.255 e. The molecule has 3 aliphatic rings. The number of carbonyl (C=O) groups excluding carboxylic acids is 3. The Balaban J connectivity index is 1.87. The van der Waals surface area contributed by atoms with E-state index in [4.69, 9.17) is 10.8 Å². The maximum atomic E-state index is 13.3. The van der Waals surface area contributed by atoms with Crippen LogP contribution in [0.15, 0.2) is 34.8 Å². The van der Waals surface area contributed by atoms with Crippen molar-refractivity contribution in [2.24, 2.45) is 17.6 Å². The number of ketones is 2. The lowest BCUT2D eigenvalue weighted by Gasteiger charge is -2.45. The largest absolute Gasteiger partial charge is 0.511 e. The second kappa shape index (κ2) is 7.21. The van der Waals surface area contributed by atoms with E-state index in [1.54, 1.807) is 6.07 Å². The third-order valence-corrected chi connectivity index (χ3v) is 6.65. The Bertz CT molecular complexity index is 1090. The molecule has 0 saturated heterocycles. The fourth-order valence-corrected chi connectivity index (χ4v) is 5.19. The van der Waals surface area contributed by atoms with E-state index in [0.717, 1.165) is 5.56 Å². The first kappa shape index (κ1) is 21.1. The molecule has 0 aliphatic heterocycles. The number of hydrogen-bond acceptors (Lipinski definition) is 8.